The fraction of sp³-hybridized carbons (Fsp3) is 0.600. The molecule has 50 valence electrons. The van der Waals surface area contributed by atoms with Crippen LogP contribution in [-0.4, -0.2) is 23.4 Å². The van der Waals surface area contributed by atoms with Gasteiger partial charge in [0.1, 0.15) is 6.09 Å². The van der Waals surface area contributed by atoms with Gasteiger partial charge in [0.2, 0.25) is 5.91 Å². The molecule has 10 heavy (non-hydrogen) atoms. The molecule has 0 radical (unpaired) electrons. The maximum atomic E-state index is 10.5. The summed E-state index contributed by atoms with van der Waals surface area (Å²) in [5.74, 6) is -0.338. The number of carbonyl (C=O) groups is 2. The van der Waals surface area contributed by atoms with Crippen LogP contribution < -0.4 is 34.7 Å². The van der Waals surface area contributed by atoms with E-state index in [1.807, 2.05) is 0 Å². The molecule has 0 N–H and O–H groups in total. The Labute approximate surface area is 80.5 Å². The number of carbonyl (C=O) groups excluding carboxylic acids is 2. The summed E-state index contributed by atoms with van der Waals surface area (Å²) in [7, 11) is 0. The summed E-state index contributed by atoms with van der Waals surface area (Å²) < 4.78 is 0. The summed E-state index contributed by atoms with van der Waals surface area (Å²) in [6.45, 7) is 0.307. The molecule has 1 fully saturated rings. The smallest absolute Gasteiger partial charge is 0.530 e. The molecule has 0 saturated carbocycles. The van der Waals surface area contributed by atoms with Gasteiger partial charge >= 0.3 is 29.6 Å². The number of hydrogen-bond acceptors (Lipinski definition) is 3. The molecule has 0 aliphatic carbocycles. The summed E-state index contributed by atoms with van der Waals surface area (Å²) in [6.07, 6.45) is -0.404. The van der Waals surface area contributed by atoms with Crippen LogP contribution in [0, 0.1) is 0 Å². The van der Waals surface area contributed by atoms with Crippen molar-refractivity contribution in [2.24, 2.45) is 0 Å². The van der Waals surface area contributed by atoms with Crippen molar-refractivity contribution in [2.75, 3.05) is 6.54 Å². The quantitative estimate of drug-likeness (QED) is 0.331. The van der Waals surface area contributed by atoms with Crippen LogP contribution in [0.3, 0.4) is 0 Å². The molecule has 5 heteroatoms. The topological polar surface area (TPSA) is 60.4 Å². The number of likely N-dealkylation sites (tertiary alicyclic amines) is 1. The van der Waals surface area contributed by atoms with Crippen molar-refractivity contribution in [1.82, 2.24) is 4.90 Å². The van der Waals surface area contributed by atoms with Crippen LogP contribution in [0.2, 0.25) is 0 Å². The molecule has 0 atom stereocenters. The third kappa shape index (κ3) is 1.97. The number of imide groups is 1. The molecule has 4 nitrogen and oxygen atoms in total. The molecule has 1 rings (SSSR count). The second-order valence-electron chi connectivity index (χ2n) is 1.91. The molecule has 0 spiro atoms. The fourth-order valence-electron chi connectivity index (χ4n) is 0.841. The van der Waals surface area contributed by atoms with Crippen molar-refractivity contribution in [3.05, 3.63) is 0 Å². The van der Waals surface area contributed by atoms with Crippen molar-refractivity contribution in [3.8, 4) is 0 Å². The van der Waals surface area contributed by atoms with E-state index in [9.17, 15) is 14.7 Å². The van der Waals surface area contributed by atoms with E-state index in [0.717, 1.165) is 4.90 Å². The summed E-state index contributed by atoms with van der Waals surface area (Å²) in [5.41, 5.74) is 0. The Hall–Kier alpha value is -0.0600. The Morgan fingerprint density at radius 1 is 1.60 bits per heavy atom. The number of carboxylic acid groups (broad SMARTS) is 1. The zero-order valence-corrected chi connectivity index (χ0v) is 7.79. The van der Waals surface area contributed by atoms with Crippen molar-refractivity contribution < 1.29 is 44.3 Å². The van der Waals surface area contributed by atoms with E-state index < -0.39 is 6.09 Å². The van der Waals surface area contributed by atoms with E-state index in [1.54, 1.807) is 0 Å². The van der Waals surface area contributed by atoms with Gasteiger partial charge in [0.05, 0.1) is 0 Å². The molecule has 1 saturated heterocycles. The van der Waals surface area contributed by atoms with Gasteiger partial charge in [-0.25, -0.2) is 0 Å². The molecule has 1 heterocycles. The third-order valence-electron chi connectivity index (χ3n) is 1.29. The number of amides is 2. The third-order valence-corrected chi connectivity index (χ3v) is 1.29. The maximum Gasteiger partial charge on any atom is 1.00 e. The zero-order chi connectivity index (χ0) is 6.85. The maximum absolute atomic E-state index is 10.5. The Bertz CT molecular complexity index is 159. The van der Waals surface area contributed by atoms with Crippen LogP contribution in [0.4, 0.5) is 4.79 Å². The monoisotopic (exact) mass is 151 g/mol. The first kappa shape index (κ1) is 9.94. The molecule has 2 amide bonds. The van der Waals surface area contributed by atoms with Gasteiger partial charge in [0.25, 0.3) is 0 Å². The molecule has 0 bridgehead atoms. The second kappa shape index (κ2) is 3.95. The van der Waals surface area contributed by atoms with Crippen molar-refractivity contribution in [2.45, 2.75) is 12.8 Å². The van der Waals surface area contributed by atoms with Crippen molar-refractivity contribution in [3.63, 3.8) is 0 Å². The molecular weight excluding hydrogens is 145 g/mol. The van der Waals surface area contributed by atoms with Gasteiger partial charge in [-0.3, -0.25) is 9.69 Å². The average molecular weight is 151 g/mol. The van der Waals surface area contributed by atoms with E-state index in [0.29, 0.717) is 19.4 Å². The average Bonchev–Trinajstić information content (AvgIpc) is 2.13. The Morgan fingerprint density at radius 3 is 2.40 bits per heavy atom. The normalized spacial score (nSPS) is 16.8. The predicted molar refractivity (Wildman–Crippen MR) is 26.3 cm³/mol. The van der Waals surface area contributed by atoms with E-state index in [-0.39, 0.29) is 35.5 Å². The van der Waals surface area contributed by atoms with Crippen LogP contribution in [0.25, 0.3) is 0 Å². The second-order valence-corrected chi connectivity index (χ2v) is 1.91. The molecule has 0 unspecified atom stereocenters. The van der Waals surface area contributed by atoms with Crippen LogP contribution in [-0.2, 0) is 4.79 Å². The SMILES string of the molecule is O=C([O-])N1CCCC1=O.[Na+]. The predicted octanol–water partition coefficient (Wildman–Crippen LogP) is -4.04. The molecule has 0 aromatic heterocycles. The Kier molecular flexibility index (Phi) is 3.93. The fourth-order valence-corrected chi connectivity index (χ4v) is 0.841. The van der Waals surface area contributed by atoms with Crippen LogP contribution >= 0.6 is 0 Å². The summed E-state index contributed by atoms with van der Waals surface area (Å²) in [6, 6.07) is 0. The Balaban J connectivity index is 0.000000810. The van der Waals surface area contributed by atoms with Crippen molar-refractivity contribution in [1.29, 1.82) is 0 Å². The Morgan fingerprint density at radius 2 is 2.20 bits per heavy atom. The first-order valence-electron chi connectivity index (χ1n) is 2.73. The molecule has 0 aromatic rings. The van der Waals surface area contributed by atoms with Gasteiger partial charge in [-0.2, -0.15) is 0 Å². The number of rotatable bonds is 0. The largest absolute Gasteiger partial charge is 1.00 e. The first-order valence-corrected chi connectivity index (χ1v) is 2.73. The molecule has 1 aliphatic rings. The number of hydrogen-bond donors (Lipinski definition) is 0. The minimum atomic E-state index is -1.38. The first-order chi connectivity index (χ1) is 4.22. The summed E-state index contributed by atoms with van der Waals surface area (Å²) in [4.78, 5) is 21.3. The van der Waals surface area contributed by atoms with E-state index >= 15 is 0 Å². The van der Waals surface area contributed by atoms with Crippen molar-refractivity contribution >= 4 is 12.0 Å². The van der Waals surface area contributed by atoms with Gasteiger partial charge in [0.15, 0.2) is 0 Å². The van der Waals surface area contributed by atoms with Crippen LogP contribution in [0.5, 0.6) is 0 Å². The zero-order valence-electron chi connectivity index (χ0n) is 5.79. The van der Waals surface area contributed by atoms with Gasteiger partial charge in [-0.1, -0.05) is 0 Å². The summed E-state index contributed by atoms with van der Waals surface area (Å²) >= 11 is 0. The van der Waals surface area contributed by atoms with Gasteiger partial charge in [-0.05, 0) is 6.42 Å². The summed E-state index contributed by atoms with van der Waals surface area (Å²) in [5, 5.41) is 10.0. The van der Waals surface area contributed by atoms with E-state index in [1.165, 1.54) is 0 Å². The van der Waals surface area contributed by atoms with Crippen LogP contribution in [0.1, 0.15) is 12.8 Å². The van der Waals surface area contributed by atoms with Crippen LogP contribution in [0.15, 0.2) is 0 Å². The minimum absolute atomic E-state index is 0. The van der Waals surface area contributed by atoms with Gasteiger partial charge in [-0.15, -0.1) is 0 Å². The molecule has 0 aromatic carbocycles. The molecular formula is C5H6NNaO3. The minimum Gasteiger partial charge on any atom is -0.530 e. The van der Waals surface area contributed by atoms with Gasteiger partial charge in [0, 0.05) is 13.0 Å². The molecule has 1 aliphatic heterocycles. The number of nitrogens with zero attached hydrogens (tertiary/aromatic N) is 1. The van der Waals surface area contributed by atoms with Gasteiger partial charge < -0.3 is 9.90 Å². The van der Waals surface area contributed by atoms with E-state index in [2.05, 4.69) is 0 Å². The standard InChI is InChI=1S/C5H7NO3.Na/c7-4-2-1-3-6(4)5(8)9;/h1-3H2,(H,8,9);/q;+1/p-1. The van der Waals surface area contributed by atoms with E-state index in [4.69, 9.17) is 0 Å².